The minimum atomic E-state index is -0.272. The Bertz CT molecular complexity index is 376. The average molecular weight is 275 g/mol. The van der Waals surface area contributed by atoms with Crippen LogP contribution in [-0.4, -0.2) is 19.3 Å². The predicted octanol–water partition coefficient (Wildman–Crippen LogP) is 2.67. The molecule has 1 aromatic carbocycles. The Kier molecular flexibility index (Phi) is 6.57. The van der Waals surface area contributed by atoms with Gasteiger partial charge >= 0.3 is 0 Å². The molecular weight excluding hydrogens is 255 g/mol. The van der Waals surface area contributed by atoms with Crippen molar-refractivity contribution in [3.8, 4) is 0 Å². The highest BCUT2D eigenvalue weighted by molar-refractivity contribution is 6.30. The summed E-state index contributed by atoms with van der Waals surface area (Å²) in [5.74, 6) is 5.26. The Morgan fingerprint density at radius 1 is 1.50 bits per heavy atom. The summed E-state index contributed by atoms with van der Waals surface area (Å²) in [7, 11) is 1.64. The first-order valence-electron chi connectivity index (χ1n) is 6.05. The molecule has 3 nitrogen and oxygen atoms in total. The Balaban J connectivity index is 2.81. The maximum Gasteiger partial charge on any atom is 0.126 e. The molecular formula is C13H20ClFN2O. The number of hydrazine groups is 1. The zero-order chi connectivity index (χ0) is 13.5. The van der Waals surface area contributed by atoms with E-state index in [2.05, 4.69) is 12.3 Å². The molecule has 1 rings (SSSR count). The van der Waals surface area contributed by atoms with Crippen molar-refractivity contribution in [3.05, 3.63) is 34.6 Å². The van der Waals surface area contributed by atoms with E-state index in [0.29, 0.717) is 17.0 Å². The summed E-state index contributed by atoms with van der Waals surface area (Å²) in [5, 5.41) is 0.520. The highest BCUT2D eigenvalue weighted by Gasteiger charge is 2.21. The van der Waals surface area contributed by atoms with Crippen molar-refractivity contribution in [2.75, 3.05) is 7.11 Å². The number of ether oxygens (including phenoxy) is 1. The quantitative estimate of drug-likeness (QED) is 0.594. The number of halogens is 2. The Morgan fingerprint density at radius 3 is 2.78 bits per heavy atom. The molecule has 0 amide bonds. The van der Waals surface area contributed by atoms with Gasteiger partial charge in [-0.05, 0) is 36.6 Å². The molecule has 3 N–H and O–H groups in total. The van der Waals surface area contributed by atoms with Crippen LogP contribution in [0.3, 0.4) is 0 Å². The zero-order valence-corrected chi connectivity index (χ0v) is 11.5. The molecule has 0 aliphatic carbocycles. The van der Waals surface area contributed by atoms with Crippen LogP contribution < -0.4 is 11.3 Å². The third kappa shape index (κ3) is 4.21. The molecule has 0 spiro atoms. The fourth-order valence-corrected chi connectivity index (χ4v) is 2.20. The largest absolute Gasteiger partial charge is 0.380 e. The van der Waals surface area contributed by atoms with Crippen molar-refractivity contribution >= 4 is 11.6 Å². The van der Waals surface area contributed by atoms with Gasteiger partial charge in [0.1, 0.15) is 5.82 Å². The second-order valence-corrected chi connectivity index (χ2v) is 4.71. The van der Waals surface area contributed by atoms with E-state index >= 15 is 0 Å². The summed E-state index contributed by atoms with van der Waals surface area (Å²) in [4.78, 5) is 0. The van der Waals surface area contributed by atoms with Crippen LogP contribution in [0.25, 0.3) is 0 Å². The topological polar surface area (TPSA) is 47.3 Å². The summed E-state index contributed by atoms with van der Waals surface area (Å²) in [6.07, 6.45) is 2.25. The van der Waals surface area contributed by atoms with E-state index in [-0.39, 0.29) is 18.0 Å². The molecule has 1 aromatic rings. The van der Waals surface area contributed by atoms with E-state index in [1.165, 1.54) is 12.1 Å². The first-order valence-corrected chi connectivity index (χ1v) is 6.43. The van der Waals surface area contributed by atoms with Gasteiger partial charge in [0.2, 0.25) is 0 Å². The lowest BCUT2D eigenvalue weighted by Crippen LogP contribution is -2.46. The van der Waals surface area contributed by atoms with E-state index in [4.69, 9.17) is 22.2 Å². The van der Waals surface area contributed by atoms with Crippen LogP contribution in [0.15, 0.2) is 18.2 Å². The second kappa shape index (κ2) is 7.69. The van der Waals surface area contributed by atoms with Gasteiger partial charge in [0.15, 0.2) is 0 Å². The molecule has 18 heavy (non-hydrogen) atoms. The van der Waals surface area contributed by atoms with Gasteiger partial charge in [0, 0.05) is 12.1 Å². The van der Waals surface area contributed by atoms with Crippen LogP contribution in [0.5, 0.6) is 0 Å². The molecule has 0 bridgehead atoms. The van der Waals surface area contributed by atoms with Crippen molar-refractivity contribution < 1.29 is 9.13 Å². The van der Waals surface area contributed by atoms with E-state index in [1.807, 2.05) is 0 Å². The highest BCUT2D eigenvalue weighted by Crippen LogP contribution is 2.18. The van der Waals surface area contributed by atoms with Crippen molar-refractivity contribution in [1.29, 1.82) is 0 Å². The van der Waals surface area contributed by atoms with Crippen LogP contribution in [0.4, 0.5) is 4.39 Å². The summed E-state index contributed by atoms with van der Waals surface area (Å²) < 4.78 is 19.0. The number of methoxy groups -OCH3 is 1. The van der Waals surface area contributed by atoms with Gasteiger partial charge in [-0.2, -0.15) is 0 Å². The van der Waals surface area contributed by atoms with Crippen LogP contribution in [0.2, 0.25) is 5.02 Å². The van der Waals surface area contributed by atoms with E-state index in [1.54, 1.807) is 13.2 Å². The summed E-state index contributed by atoms with van der Waals surface area (Å²) in [5.41, 5.74) is 3.24. The summed E-state index contributed by atoms with van der Waals surface area (Å²) in [6, 6.07) is 4.39. The lowest BCUT2D eigenvalue weighted by molar-refractivity contribution is 0.0607. The number of rotatable bonds is 7. The normalized spacial score (nSPS) is 14.5. The first kappa shape index (κ1) is 15.4. The molecule has 0 saturated heterocycles. The molecule has 5 heteroatoms. The molecule has 0 fully saturated rings. The molecule has 0 aromatic heterocycles. The van der Waals surface area contributed by atoms with Crippen LogP contribution in [-0.2, 0) is 11.2 Å². The standard InChI is InChI=1S/C13H20ClFN2O/c1-3-4-13(18-2)12(17-16)8-9-7-10(14)5-6-11(9)15/h5-7,12-13,17H,3-4,8,16H2,1-2H3. The molecule has 0 aliphatic rings. The van der Waals surface area contributed by atoms with Crippen molar-refractivity contribution in [1.82, 2.24) is 5.43 Å². The van der Waals surface area contributed by atoms with Gasteiger partial charge in [-0.25, -0.2) is 4.39 Å². The Labute approximate surface area is 112 Å². The van der Waals surface area contributed by atoms with Gasteiger partial charge in [-0.15, -0.1) is 0 Å². The van der Waals surface area contributed by atoms with Crippen LogP contribution in [0, 0.1) is 5.82 Å². The molecule has 2 atom stereocenters. The number of benzene rings is 1. The lowest BCUT2D eigenvalue weighted by Gasteiger charge is -2.25. The Hall–Kier alpha value is -0.680. The molecule has 0 saturated carbocycles. The first-order chi connectivity index (χ1) is 8.62. The van der Waals surface area contributed by atoms with Gasteiger partial charge < -0.3 is 4.74 Å². The van der Waals surface area contributed by atoms with E-state index in [9.17, 15) is 4.39 Å². The smallest absolute Gasteiger partial charge is 0.126 e. The molecule has 0 aliphatic heterocycles. The summed E-state index contributed by atoms with van der Waals surface area (Å²) in [6.45, 7) is 2.07. The van der Waals surface area contributed by atoms with Gasteiger partial charge in [0.25, 0.3) is 0 Å². The molecule has 2 unspecified atom stereocenters. The second-order valence-electron chi connectivity index (χ2n) is 4.28. The van der Waals surface area contributed by atoms with Gasteiger partial charge in [0.05, 0.1) is 12.1 Å². The zero-order valence-electron chi connectivity index (χ0n) is 10.7. The minimum absolute atomic E-state index is 0.0432. The van der Waals surface area contributed by atoms with Crippen molar-refractivity contribution in [2.24, 2.45) is 5.84 Å². The number of hydrogen-bond donors (Lipinski definition) is 2. The van der Waals surface area contributed by atoms with Gasteiger partial charge in [-0.3, -0.25) is 11.3 Å². The number of nitrogens with two attached hydrogens (primary N) is 1. The third-order valence-electron chi connectivity index (χ3n) is 2.99. The molecule has 102 valence electrons. The Morgan fingerprint density at radius 2 is 2.22 bits per heavy atom. The maximum absolute atomic E-state index is 13.7. The number of nitrogens with one attached hydrogen (secondary N) is 1. The molecule has 0 heterocycles. The lowest BCUT2D eigenvalue weighted by atomic mass is 9.98. The van der Waals surface area contributed by atoms with Crippen molar-refractivity contribution in [2.45, 2.75) is 38.3 Å². The number of hydrogen-bond acceptors (Lipinski definition) is 3. The average Bonchev–Trinajstić information content (AvgIpc) is 2.37. The van der Waals surface area contributed by atoms with Crippen molar-refractivity contribution in [3.63, 3.8) is 0 Å². The maximum atomic E-state index is 13.7. The van der Waals surface area contributed by atoms with Crippen LogP contribution >= 0.6 is 11.6 Å². The van der Waals surface area contributed by atoms with Crippen LogP contribution in [0.1, 0.15) is 25.3 Å². The monoisotopic (exact) mass is 274 g/mol. The van der Waals surface area contributed by atoms with E-state index < -0.39 is 0 Å². The SMILES string of the molecule is CCCC(OC)C(Cc1cc(Cl)ccc1F)NN. The fourth-order valence-electron chi connectivity index (χ4n) is 2.00. The summed E-state index contributed by atoms with van der Waals surface area (Å²) >= 11 is 5.87. The van der Waals surface area contributed by atoms with Gasteiger partial charge in [-0.1, -0.05) is 24.9 Å². The third-order valence-corrected chi connectivity index (χ3v) is 3.22. The highest BCUT2D eigenvalue weighted by atomic mass is 35.5. The predicted molar refractivity (Wildman–Crippen MR) is 71.9 cm³/mol. The minimum Gasteiger partial charge on any atom is -0.380 e. The fraction of sp³-hybridized carbons (Fsp3) is 0.538. The van der Waals surface area contributed by atoms with E-state index in [0.717, 1.165) is 12.8 Å². The molecule has 0 radical (unpaired) electrons.